The van der Waals surface area contributed by atoms with Crippen LogP contribution in [0.1, 0.15) is 36.0 Å². The molecule has 0 saturated carbocycles. The summed E-state index contributed by atoms with van der Waals surface area (Å²) in [6.07, 6.45) is 4.92. The molecule has 3 heterocycles. The van der Waals surface area contributed by atoms with Gasteiger partial charge in [0.15, 0.2) is 0 Å². The van der Waals surface area contributed by atoms with Gasteiger partial charge < -0.3 is 4.90 Å². The number of carbonyl (C=O) groups excluding carboxylic acids is 1. The van der Waals surface area contributed by atoms with Crippen molar-refractivity contribution in [3.63, 3.8) is 0 Å². The minimum absolute atomic E-state index is 0.189. The predicted molar refractivity (Wildman–Crippen MR) is 97.5 cm³/mol. The van der Waals surface area contributed by atoms with Crippen molar-refractivity contribution in [1.82, 2.24) is 14.9 Å². The van der Waals surface area contributed by atoms with Crippen molar-refractivity contribution in [2.75, 3.05) is 18.0 Å². The number of benzene rings is 1. The fourth-order valence-corrected chi connectivity index (χ4v) is 3.93. The number of amides is 1. The van der Waals surface area contributed by atoms with Crippen LogP contribution in [-0.2, 0) is 24.2 Å². The third-order valence-corrected chi connectivity index (χ3v) is 5.30. The molecule has 2 aromatic rings. The number of rotatable bonds is 2. The first-order valence-electron chi connectivity index (χ1n) is 9.05. The molecule has 5 heteroatoms. The first-order chi connectivity index (χ1) is 12.1. The van der Waals surface area contributed by atoms with Crippen LogP contribution in [0.5, 0.6) is 0 Å². The van der Waals surface area contributed by atoms with Gasteiger partial charge in [0.1, 0.15) is 5.82 Å². The average Bonchev–Trinajstić information content (AvgIpc) is 2.61. The molecule has 0 saturated heterocycles. The van der Waals surface area contributed by atoms with Gasteiger partial charge in [-0.3, -0.25) is 9.69 Å². The molecular formula is C20H24N4O. The highest BCUT2D eigenvalue weighted by molar-refractivity contribution is 5.96. The second kappa shape index (κ2) is 6.56. The fourth-order valence-electron chi connectivity index (χ4n) is 3.93. The van der Waals surface area contributed by atoms with Crippen LogP contribution in [0.25, 0.3) is 0 Å². The first-order valence-corrected chi connectivity index (χ1v) is 9.05. The third-order valence-electron chi connectivity index (χ3n) is 5.30. The minimum atomic E-state index is 0.189. The fraction of sp³-hybridized carbons (Fsp3) is 0.450. The molecule has 130 valence electrons. The summed E-state index contributed by atoms with van der Waals surface area (Å²) in [7, 11) is 0. The van der Waals surface area contributed by atoms with E-state index < -0.39 is 0 Å². The zero-order valence-corrected chi connectivity index (χ0v) is 14.9. The van der Waals surface area contributed by atoms with Gasteiger partial charge in [0.25, 0.3) is 0 Å². The van der Waals surface area contributed by atoms with Crippen LogP contribution in [-0.4, -0.2) is 39.9 Å². The van der Waals surface area contributed by atoms with E-state index in [1.54, 1.807) is 0 Å². The van der Waals surface area contributed by atoms with Crippen molar-refractivity contribution in [2.45, 2.75) is 45.7 Å². The van der Waals surface area contributed by atoms with E-state index in [-0.39, 0.29) is 11.9 Å². The number of carbonyl (C=O) groups is 1. The van der Waals surface area contributed by atoms with Crippen molar-refractivity contribution in [1.29, 1.82) is 0 Å². The molecule has 0 N–H and O–H groups in total. The molecule has 5 nitrogen and oxygen atoms in total. The second-order valence-corrected chi connectivity index (χ2v) is 7.13. The molecule has 0 aliphatic carbocycles. The van der Waals surface area contributed by atoms with Gasteiger partial charge in [-0.25, -0.2) is 9.97 Å². The quantitative estimate of drug-likeness (QED) is 0.845. The Balaban J connectivity index is 1.51. The van der Waals surface area contributed by atoms with Gasteiger partial charge in [0.05, 0.1) is 12.2 Å². The van der Waals surface area contributed by atoms with Crippen LogP contribution in [0, 0.1) is 6.92 Å². The van der Waals surface area contributed by atoms with E-state index in [1.165, 1.54) is 11.1 Å². The summed E-state index contributed by atoms with van der Waals surface area (Å²) in [5.41, 5.74) is 4.65. The lowest BCUT2D eigenvalue weighted by atomic mass is 9.96. The number of aryl methyl sites for hydroxylation is 2. The SMILES string of the molecule is Cc1ncc2c(n1)CN(CC(=O)N1c3ccccc3CC[C@@H]1C)CC2. The number of hydrogen-bond acceptors (Lipinski definition) is 4. The Kier molecular flexibility index (Phi) is 4.25. The van der Waals surface area contributed by atoms with Crippen molar-refractivity contribution in [3.05, 3.63) is 53.1 Å². The lowest BCUT2D eigenvalue weighted by Crippen LogP contribution is -2.48. The van der Waals surface area contributed by atoms with Crippen LogP contribution in [0.2, 0.25) is 0 Å². The van der Waals surface area contributed by atoms with E-state index in [0.717, 1.165) is 49.6 Å². The summed E-state index contributed by atoms with van der Waals surface area (Å²) in [5.74, 6) is 0.986. The van der Waals surface area contributed by atoms with Crippen molar-refractivity contribution < 1.29 is 4.79 Å². The Bertz CT molecular complexity index is 804. The van der Waals surface area contributed by atoms with E-state index in [9.17, 15) is 4.79 Å². The van der Waals surface area contributed by atoms with Crippen LogP contribution in [0.15, 0.2) is 30.5 Å². The molecule has 1 amide bonds. The number of para-hydroxylation sites is 1. The van der Waals surface area contributed by atoms with Crippen molar-refractivity contribution in [3.8, 4) is 0 Å². The summed E-state index contributed by atoms with van der Waals surface area (Å²) in [4.78, 5) is 26.1. The summed E-state index contributed by atoms with van der Waals surface area (Å²) >= 11 is 0. The number of anilines is 1. The molecule has 0 spiro atoms. The van der Waals surface area contributed by atoms with Crippen LogP contribution < -0.4 is 4.90 Å². The highest BCUT2D eigenvalue weighted by Crippen LogP contribution is 2.30. The van der Waals surface area contributed by atoms with Crippen molar-refractivity contribution >= 4 is 11.6 Å². The number of fused-ring (bicyclic) bond motifs is 2. The van der Waals surface area contributed by atoms with Gasteiger partial charge in [-0.15, -0.1) is 0 Å². The van der Waals surface area contributed by atoms with Gasteiger partial charge in [-0.05, 0) is 50.3 Å². The Hall–Kier alpha value is -2.27. The second-order valence-electron chi connectivity index (χ2n) is 7.13. The Morgan fingerprint density at radius 3 is 2.96 bits per heavy atom. The molecule has 1 aromatic carbocycles. The molecule has 0 unspecified atom stereocenters. The largest absolute Gasteiger partial charge is 0.308 e. The highest BCUT2D eigenvalue weighted by atomic mass is 16.2. The minimum Gasteiger partial charge on any atom is -0.308 e. The maximum Gasteiger partial charge on any atom is 0.241 e. The smallest absolute Gasteiger partial charge is 0.241 e. The topological polar surface area (TPSA) is 49.3 Å². The zero-order valence-electron chi connectivity index (χ0n) is 14.9. The van der Waals surface area contributed by atoms with Gasteiger partial charge in [-0.2, -0.15) is 0 Å². The summed E-state index contributed by atoms with van der Waals surface area (Å²) < 4.78 is 0. The van der Waals surface area contributed by atoms with E-state index >= 15 is 0 Å². The van der Waals surface area contributed by atoms with E-state index in [2.05, 4.69) is 40.0 Å². The predicted octanol–water partition coefficient (Wildman–Crippen LogP) is 2.51. The lowest BCUT2D eigenvalue weighted by molar-refractivity contribution is -0.120. The van der Waals surface area contributed by atoms with Crippen molar-refractivity contribution in [2.24, 2.45) is 0 Å². The number of hydrogen-bond donors (Lipinski definition) is 0. The van der Waals surface area contributed by atoms with Crippen LogP contribution in [0.4, 0.5) is 5.69 Å². The summed E-state index contributed by atoms with van der Waals surface area (Å²) in [6, 6.07) is 8.54. The third kappa shape index (κ3) is 3.16. The zero-order chi connectivity index (χ0) is 17.4. The highest BCUT2D eigenvalue weighted by Gasteiger charge is 2.30. The Morgan fingerprint density at radius 1 is 1.24 bits per heavy atom. The molecule has 2 aliphatic rings. The van der Waals surface area contributed by atoms with E-state index in [1.807, 2.05) is 24.1 Å². The summed E-state index contributed by atoms with van der Waals surface area (Å²) in [5, 5.41) is 0. The molecule has 0 bridgehead atoms. The molecule has 2 aliphatic heterocycles. The van der Waals surface area contributed by atoms with Gasteiger partial charge in [-0.1, -0.05) is 18.2 Å². The molecule has 1 aromatic heterocycles. The first kappa shape index (κ1) is 16.2. The number of nitrogens with zero attached hydrogens (tertiary/aromatic N) is 4. The van der Waals surface area contributed by atoms with Crippen LogP contribution in [0.3, 0.4) is 0 Å². The molecule has 25 heavy (non-hydrogen) atoms. The van der Waals surface area contributed by atoms with Gasteiger partial charge >= 0.3 is 0 Å². The Labute approximate surface area is 148 Å². The lowest BCUT2D eigenvalue weighted by Gasteiger charge is -2.37. The van der Waals surface area contributed by atoms with Crippen LogP contribution >= 0.6 is 0 Å². The van der Waals surface area contributed by atoms with Gasteiger partial charge in [0, 0.05) is 31.0 Å². The molecular weight excluding hydrogens is 312 g/mol. The summed E-state index contributed by atoms with van der Waals surface area (Å²) in [6.45, 7) is 6.12. The normalized spacial score (nSPS) is 20.1. The molecule has 0 radical (unpaired) electrons. The van der Waals surface area contributed by atoms with E-state index in [4.69, 9.17) is 0 Å². The average molecular weight is 336 g/mol. The molecule has 4 rings (SSSR count). The molecule has 0 fully saturated rings. The maximum atomic E-state index is 13.1. The Morgan fingerprint density at radius 2 is 2.08 bits per heavy atom. The molecule has 1 atom stereocenters. The number of aromatic nitrogens is 2. The van der Waals surface area contributed by atoms with Gasteiger partial charge in [0.2, 0.25) is 5.91 Å². The standard InChI is InChI=1S/C20H24N4O/c1-14-7-8-16-5-3-4-6-19(16)24(14)20(25)13-23-10-9-17-11-21-15(2)22-18(17)12-23/h3-6,11,14H,7-10,12-13H2,1-2H3/t14-/m0/s1. The monoisotopic (exact) mass is 336 g/mol. The maximum absolute atomic E-state index is 13.1. The van der Waals surface area contributed by atoms with E-state index in [0.29, 0.717) is 6.54 Å².